The molecule has 5 nitrogen and oxygen atoms in total. The molecule has 1 atom stereocenters. The summed E-state index contributed by atoms with van der Waals surface area (Å²) < 4.78 is 2.14. The third-order valence-corrected chi connectivity index (χ3v) is 4.34. The van der Waals surface area contributed by atoms with Gasteiger partial charge in [-0.3, -0.25) is 0 Å². The molecule has 3 rings (SSSR count). The van der Waals surface area contributed by atoms with Gasteiger partial charge in [-0.05, 0) is 49.3 Å². The Balaban J connectivity index is 1.67. The quantitative estimate of drug-likeness (QED) is 0.892. The van der Waals surface area contributed by atoms with Crippen LogP contribution in [0.1, 0.15) is 19.8 Å². The molecule has 2 N–H and O–H groups in total. The minimum Gasteiger partial charge on any atom is -0.391 e. The monoisotopic (exact) mass is 301 g/mol. The van der Waals surface area contributed by atoms with Crippen LogP contribution in [0.25, 0.3) is 10.9 Å². The molecule has 1 aliphatic carbocycles. The van der Waals surface area contributed by atoms with Crippen LogP contribution in [0.4, 0.5) is 10.5 Å². The number of anilines is 1. The average Bonchev–Trinajstić information content (AvgIpc) is 3.28. The number of urea groups is 1. The molecule has 1 fully saturated rings. The number of likely N-dealkylation sites (N-methyl/N-ethyl adjacent to an activating group) is 1. The first-order chi connectivity index (χ1) is 10.6. The van der Waals surface area contributed by atoms with Crippen LogP contribution in [0.5, 0.6) is 0 Å². The van der Waals surface area contributed by atoms with Gasteiger partial charge in [-0.1, -0.05) is 6.07 Å². The molecule has 118 valence electrons. The summed E-state index contributed by atoms with van der Waals surface area (Å²) in [6.45, 7) is 3.37. The maximum atomic E-state index is 12.2. The Bertz CT molecular complexity index is 676. The minimum absolute atomic E-state index is 0.186. The zero-order valence-corrected chi connectivity index (χ0v) is 13.1. The van der Waals surface area contributed by atoms with Crippen molar-refractivity contribution in [1.82, 2.24) is 9.47 Å². The van der Waals surface area contributed by atoms with E-state index in [1.165, 1.54) is 0 Å². The summed E-state index contributed by atoms with van der Waals surface area (Å²) in [7, 11) is 1.72. The van der Waals surface area contributed by atoms with Crippen molar-refractivity contribution in [2.75, 3.05) is 18.9 Å². The number of nitrogens with zero attached hydrogens (tertiary/aromatic N) is 2. The van der Waals surface area contributed by atoms with E-state index in [0.717, 1.165) is 36.0 Å². The van der Waals surface area contributed by atoms with Gasteiger partial charge >= 0.3 is 6.03 Å². The summed E-state index contributed by atoms with van der Waals surface area (Å²) in [5.41, 5.74) is 1.89. The van der Waals surface area contributed by atoms with E-state index in [0.29, 0.717) is 12.5 Å². The van der Waals surface area contributed by atoms with Crippen molar-refractivity contribution >= 4 is 22.6 Å². The molecule has 1 saturated carbocycles. The molecule has 22 heavy (non-hydrogen) atoms. The predicted octanol–water partition coefficient (Wildman–Crippen LogP) is 2.90. The zero-order chi connectivity index (χ0) is 15.7. The summed E-state index contributed by atoms with van der Waals surface area (Å²) in [4.78, 5) is 13.8. The lowest BCUT2D eigenvalue weighted by Gasteiger charge is -2.21. The Labute approximate surface area is 130 Å². The van der Waals surface area contributed by atoms with Crippen LogP contribution < -0.4 is 5.32 Å². The van der Waals surface area contributed by atoms with Crippen LogP contribution in [0.15, 0.2) is 30.5 Å². The van der Waals surface area contributed by atoms with E-state index in [4.69, 9.17) is 0 Å². The molecule has 5 heteroatoms. The summed E-state index contributed by atoms with van der Waals surface area (Å²) in [6, 6.07) is 7.79. The molecule has 1 aromatic heterocycles. The van der Waals surface area contributed by atoms with Crippen LogP contribution in [-0.4, -0.2) is 40.3 Å². The lowest BCUT2D eigenvalue weighted by molar-refractivity contribution is 0.117. The Morgan fingerprint density at radius 2 is 2.23 bits per heavy atom. The Hall–Kier alpha value is -2.01. The highest BCUT2D eigenvalue weighted by Crippen LogP contribution is 2.32. The number of amides is 2. The number of carbonyl (C=O) groups is 1. The van der Waals surface area contributed by atoms with Crippen molar-refractivity contribution in [3.8, 4) is 0 Å². The van der Waals surface area contributed by atoms with Gasteiger partial charge in [-0.2, -0.15) is 0 Å². The van der Waals surface area contributed by atoms with E-state index < -0.39 is 6.10 Å². The molecule has 1 aromatic carbocycles. The molecule has 0 spiro atoms. The maximum absolute atomic E-state index is 12.2. The van der Waals surface area contributed by atoms with Gasteiger partial charge < -0.3 is 19.9 Å². The van der Waals surface area contributed by atoms with Crippen LogP contribution in [0, 0.1) is 5.92 Å². The molecule has 0 unspecified atom stereocenters. The van der Waals surface area contributed by atoms with E-state index in [9.17, 15) is 9.90 Å². The summed E-state index contributed by atoms with van der Waals surface area (Å²) in [5, 5.41) is 14.0. The van der Waals surface area contributed by atoms with Crippen LogP contribution in [-0.2, 0) is 6.54 Å². The second kappa shape index (κ2) is 6.01. The molecule has 0 radical (unpaired) electrons. The van der Waals surface area contributed by atoms with E-state index in [-0.39, 0.29) is 6.03 Å². The number of carbonyl (C=O) groups excluding carboxylic acids is 1. The molecule has 2 amide bonds. The lowest BCUT2D eigenvalue weighted by Crippen LogP contribution is -2.38. The fraction of sp³-hybridized carbons (Fsp3) is 0.471. The Kier molecular flexibility index (Phi) is 4.07. The Morgan fingerprint density at radius 3 is 2.91 bits per heavy atom. The maximum Gasteiger partial charge on any atom is 0.321 e. The van der Waals surface area contributed by atoms with Crippen LogP contribution >= 0.6 is 0 Å². The number of nitrogens with one attached hydrogen (secondary N) is 1. The van der Waals surface area contributed by atoms with E-state index in [1.54, 1.807) is 11.9 Å². The number of fused-ring (bicyclic) bond motifs is 1. The SMILES string of the molecule is CCn1ccc2ccc(NC(=O)N(C)C[C@@H](O)C3CC3)cc21. The zero-order valence-electron chi connectivity index (χ0n) is 13.1. The molecule has 2 aromatic rings. The average molecular weight is 301 g/mol. The van der Waals surface area contributed by atoms with Crippen LogP contribution in [0.2, 0.25) is 0 Å². The number of rotatable bonds is 5. The fourth-order valence-corrected chi connectivity index (χ4v) is 2.75. The van der Waals surface area contributed by atoms with Gasteiger partial charge in [0, 0.05) is 32.0 Å². The van der Waals surface area contributed by atoms with Gasteiger partial charge in [0.25, 0.3) is 0 Å². The standard InChI is InChI=1S/C17H23N3O2/c1-3-20-9-8-12-6-7-14(10-15(12)20)18-17(22)19(2)11-16(21)13-4-5-13/h6-10,13,16,21H,3-5,11H2,1-2H3,(H,18,22)/t16-/m1/s1. The highest BCUT2D eigenvalue weighted by Gasteiger charge is 2.31. The normalized spacial score (nSPS) is 15.8. The third kappa shape index (κ3) is 3.09. The molecular formula is C17H23N3O2. The molecule has 1 aliphatic rings. The number of aliphatic hydroxyl groups excluding tert-OH is 1. The Morgan fingerprint density at radius 1 is 1.45 bits per heavy atom. The van der Waals surface area contributed by atoms with Gasteiger partial charge in [0.05, 0.1) is 11.6 Å². The minimum atomic E-state index is -0.407. The number of aryl methyl sites for hydroxylation is 1. The number of hydrogen-bond donors (Lipinski definition) is 2. The third-order valence-electron chi connectivity index (χ3n) is 4.34. The second-order valence-electron chi connectivity index (χ2n) is 6.09. The number of benzene rings is 1. The van der Waals surface area contributed by atoms with E-state index in [1.807, 2.05) is 24.4 Å². The number of aliphatic hydroxyl groups is 1. The van der Waals surface area contributed by atoms with Crippen molar-refractivity contribution in [3.05, 3.63) is 30.5 Å². The first-order valence-electron chi connectivity index (χ1n) is 7.87. The van der Waals surface area contributed by atoms with Gasteiger partial charge in [0.1, 0.15) is 0 Å². The fourth-order valence-electron chi connectivity index (χ4n) is 2.75. The van der Waals surface area contributed by atoms with Crippen molar-refractivity contribution in [2.45, 2.75) is 32.4 Å². The van der Waals surface area contributed by atoms with E-state index in [2.05, 4.69) is 22.9 Å². The smallest absolute Gasteiger partial charge is 0.321 e. The van der Waals surface area contributed by atoms with Crippen LogP contribution in [0.3, 0.4) is 0 Å². The first-order valence-corrected chi connectivity index (χ1v) is 7.87. The largest absolute Gasteiger partial charge is 0.391 e. The molecule has 0 saturated heterocycles. The van der Waals surface area contributed by atoms with Crippen molar-refractivity contribution in [1.29, 1.82) is 0 Å². The highest BCUT2D eigenvalue weighted by molar-refractivity contribution is 5.92. The van der Waals surface area contributed by atoms with Gasteiger partial charge in [0.2, 0.25) is 0 Å². The topological polar surface area (TPSA) is 57.5 Å². The van der Waals surface area contributed by atoms with Crippen molar-refractivity contribution in [3.63, 3.8) is 0 Å². The lowest BCUT2D eigenvalue weighted by atomic mass is 10.2. The van der Waals surface area contributed by atoms with Gasteiger partial charge in [-0.15, -0.1) is 0 Å². The summed E-state index contributed by atoms with van der Waals surface area (Å²) in [6.07, 6.45) is 3.78. The predicted molar refractivity (Wildman–Crippen MR) is 88.0 cm³/mol. The summed E-state index contributed by atoms with van der Waals surface area (Å²) >= 11 is 0. The van der Waals surface area contributed by atoms with Crippen molar-refractivity contribution in [2.24, 2.45) is 5.92 Å². The highest BCUT2D eigenvalue weighted by atomic mass is 16.3. The van der Waals surface area contributed by atoms with Gasteiger partial charge in [-0.25, -0.2) is 4.79 Å². The molecular weight excluding hydrogens is 278 g/mol. The number of hydrogen-bond acceptors (Lipinski definition) is 2. The molecule has 0 aliphatic heterocycles. The van der Waals surface area contributed by atoms with Gasteiger partial charge in [0.15, 0.2) is 0 Å². The summed E-state index contributed by atoms with van der Waals surface area (Å²) in [5.74, 6) is 0.374. The molecule has 1 heterocycles. The first kappa shape index (κ1) is 14.9. The second-order valence-corrected chi connectivity index (χ2v) is 6.09. The molecule has 0 bridgehead atoms. The van der Waals surface area contributed by atoms with Crippen molar-refractivity contribution < 1.29 is 9.90 Å². The van der Waals surface area contributed by atoms with E-state index >= 15 is 0 Å². The number of aromatic nitrogens is 1.